The van der Waals surface area contributed by atoms with E-state index in [1.54, 1.807) is 49.1 Å². The first-order valence-electron chi connectivity index (χ1n) is 8.33. The van der Waals surface area contributed by atoms with Crippen molar-refractivity contribution in [3.05, 3.63) is 84.9 Å². The molecule has 0 atom stereocenters. The highest BCUT2D eigenvalue weighted by molar-refractivity contribution is 7.89. The number of nitrogens with zero attached hydrogens (tertiary/aromatic N) is 3. The molecule has 0 bridgehead atoms. The number of nitrogens with one attached hydrogen (secondary N) is 1. The summed E-state index contributed by atoms with van der Waals surface area (Å²) in [7, 11) is -3.74. The first kappa shape index (κ1) is 17.3. The van der Waals surface area contributed by atoms with Crippen molar-refractivity contribution in [2.24, 2.45) is 0 Å². The average Bonchev–Trinajstić information content (AvgIpc) is 2.73. The minimum absolute atomic E-state index is 0.115. The molecule has 4 aromatic rings. The quantitative estimate of drug-likeness (QED) is 0.578. The van der Waals surface area contributed by atoms with Gasteiger partial charge in [-0.05, 0) is 35.9 Å². The van der Waals surface area contributed by atoms with Crippen LogP contribution in [0.3, 0.4) is 0 Å². The maximum atomic E-state index is 12.9. The van der Waals surface area contributed by atoms with Crippen LogP contribution in [0.4, 0.5) is 0 Å². The van der Waals surface area contributed by atoms with Crippen molar-refractivity contribution in [2.75, 3.05) is 0 Å². The second-order valence-electron chi connectivity index (χ2n) is 5.91. The summed E-state index contributed by atoms with van der Waals surface area (Å²) in [6.45, 7) is 0.115. The Hall–Kier alpha value is -3.16. The zero-order chi connectivity index (χ0) is 18.7. The standard InChI is InChI=1S/C20H16N4O2S/c25-27(26,18-9-1-5-15-6-3-12-23-20(15)18)24-14-17-8-4-11-22-19(17)16-7-2-10-21-13-16/h1-13,24H,14H2. The topological polar surface area (TPSA) is 84.8 Å². The van der Waals surface area contributed by atoms with E-state index in [9.17, 15) is 8.42 Å². The molecule has 1 aromatic carbocycles. The van der Waals surface area contributed by atoms with Gasteiger partial charge in [-0.3, -0.25) is 15.0 Å². The Kier molecular flexibility index (Phi) is 4.62. The number of hydrogen-bond acceptors (Lipinski definition) is 5. The monoisotopic (exact) mass is 376 g/mol. The minimum atomic E-state index is -3.74. The van der Waals surface area contributed by atoms with Gasteiger partial charge in [-0.15, -0.1) is 0 Å². The fraction of sp³-hybridized carbons (Fsp3) is 0.0500. The highest BCUT2D eigenvalue weighted by atomic mass is 32.2. The summed E-state index contributed by atoms with van der Waals surface area (Å²) in [5.41, 5.74) is 2.75. The summed E-state index contributed by atoms with van der Waals surface area (Å²) < 4.78 is 28.4. The molecule has 0 unspecified atom stereocenters. The van der Waals surface area contributed by atoms with Crippen molar-refractivity contribution in [2.45, 2.75) is 11.4 Å². The van der Waals surface area contributed by atoms with Gasteiger partial charge in [-0.2, -0.15) is 0 Å². The van der Waals surface area contributed by atoms with Crippen LogP contribution in [-0.2, 0) is 16.6 Å². The van der Waals surface area contributed by atoms with E-state index in [0.717, 1.165) is 16.5 Å². The number of rotatable bonds is 5. The Balaban J connectivity index is 1.66. The van der Waals surface area contributed by atoms with E-state index in [2.05, 4.69) is 19.7 Å². The predicted molar refractivity (Wildman–Crippen MR) is 103 cm³/mol. The first-order valence-corrected chi connectivity index (χ1v) is 9.81. The molecule has 3 heterocycles. The van der Waals surface area contributed by atoms with E-state index in [1.807, 2.05) is 30.3 Å². The molecule has 0 spiro atoms. The lowest BCUT2D eigenvalue weighted by atomic mass is 10.1. The second-order valence-corrected chi connectivity index (χ2v) is 7.64. The third-order valence-corrected chi connectivity index (χ3v) is 5.60. The summed E-state index contributed by atoms with van der Waals surface area (Å²) in [5.74, 6) is 0. The van der Waals surface area contributed by atoms with Gasteiger partial charge in [0.1, 0.15) is 4.90 Å². The van der Waals surface area contributed by atoms with E-state index >= 15 is 0 Å². The Morgan fingerprint density at radius 3 is 2.48 bits per heavy atom. The van der Waals surface area contributed by atoms with E-state index < -0.39 is 10.0 Å². The lowest BCUT2D eigenvalue weighted by Gasteiger charge is -2.11. The van der Waals surface area contributed by atoms with Crippen molar-refractivity contribution in [3.63, 3.8) is 0 Å². The second kappa shape index (κ2) is 7.22. The molecule has 134 valence electrons. The van der Waals surface area contributed by atoms with E-state index in [-0.39, 0.29) is 11.4 Å². The fourth-order valence-corrected chi connectivity index (χ4v) is 4.07. The Morgan fingerprint density at radius 1 is 0.852 bits per heavy atom. The molecule has 7 heteroatoms. The molecule has 0 aliphatic heterocycles. The van der Waals surface area contributed by atoms with Gasteiger partial charge in [0.15, 0.2) is 0 Å². The van der Waals surface area contributed by atoms with Crippen molar-refractivity contribution >= 4 is 20.9 Å². The maximum absolute atomic E-state index is 12.9. The van der Waals surface area contributed by atoms with Crippen LogP contribution in [0.1, 0.15) is 5.56 Å². The third-order valence-electron chi connectivity index (χ3n) is 4.16. The van der Waals surface area contributed by atoms with Gasteiger partial charge < -0.3 is 0 Å². The summed E-state index contributed by atoms with van der Waals surface area (Å²) in [4.78, 5) is 12.9. The van der Waals surface area contributed by atoms with Crippen LogP contribution in [0.15, 0.2) is 84.3 Å². The average molecular weight is 376 g/mol. The number of aromatic nitrogens is 3. The predicted octanol–water partition coefficient (Wildman–Crippen LogP) is 3.17. The van der Waals surface area contributed by atoms with Gasteiger partial charge in [0.05, 0.1) is 11.2 Å². The number of fused-ring (bicyclic) bond motifs is 1. The third kappa shape index (κ3) is 3.55. The molecule has 6 nitrogen and oxygen atoms in total. The molecule has 0 fully saturated rings. The molecule has 0 aliphatic carbocycles. The Labute approximate surface area is 157 Å². The van der Waals surface area contributed by atoms with Crippen molar-refractivity contribution < 1.29 is 8.42 Å². The summed E-state index contributed by atoms with van der Waals surface area (Å²) in [5, 5.41) is 0.776. The van der Waals surface area contributed by atoms with Crippen molar-refractivity contribution in [1.82, 2.24) is 19.7 Å². The number of para-hydroxylation sites is 1. The van der Waals surface area contributed by atoms with Gasteiger partial charge in [0, 0.05) is 42.3 Å². The lowest BCUT2D eigenvalue weighted by Crippen LogP contribution is -2.24. The molecule has 0 saturated heterocycles. The number of sulfonamides is 1. The number of benzene rings is 1. The summed E-state index contributed by atoms with van der Waals surface area (Å²) >= 11 is 0. The zero-order valence-corrected chi connectivity index (χ0v) is 15.1. The Bertz CT molecular complexity index is 1190. The Morgan fingerprint density at radius 2 is 1.63 bits per heavy atom. The fourth-order valence-electron chi connectivity index (χ4n) is 2.89. The van der Waals surface area contributed by atoms with E-state index in [0.29, 0.717) is 11.2 Å². The number of hydrogen-bond donors (Lipinski definition) is 1. The smallest absolute Gasteiger partial charge is 0.243 e. The molecule has 1 N–H and O–H groups in total. The summed E-state index contributed by atoms with van der Waals surface area (Å²) in [6, 6.07) is 16.1. The van der Waals surface area contributed by atoms with Crippen LogP contribution in [0.25, 0.3) is 22.2 Å². The maximum Gasteiger partial charge on any atom is 0.243 e. The molecule has 27 heavy (non-hydrogen) atoms. The van der Waals surface area contributed by atoms with Gasteiger partial charge in [0.25, 0.3) is 0 Å². The van der Waals surface area contributed by atoms with E-state index in [1.165, 1.54) is 0 Å². The molecule has 4 rings (SSSR count). The molecule has 0 aliphatic rings. The number of pyridine rings is 3. The minimum Gasteiger partial charge on any atom is -0.264 e. The highest BCUT2D eigenvalue weighted by Crippen LogP contribution is 2.23. The lowest BCUT2D eigenvalue weighted by molar-refractivity contribution is 0.582. The molecule has 0 radical (unpaired) electrons. The van der Waals surface area contributed by atoms with Gasteiger partial charge in [0.2, 0.25) is 10.0 Å². The zero-order valence-electron chi connectivity index (χ0n) is 14.3. The molecular weight excluding hydrogens is 360 g/mol. The molecule has 3 aromatic heterocycles. The van der Waals surface area contributed by atoms with Crippen LogP contribution >= 0.6 is 0 Å². The van der Waals surface area contributed by atoms with Crippen LogP contribution < -0.4 is 4.72 Å². The van der Waals surface area contributed by atoms with Crippen LogP contribution in [-0.4, -0.2) is 23.4 Å². The van der Waals surface area contributed by atoms with Crippen LogP contribution in [0, 0.1) is 0 Å². The summed E-state index contributed by atoms with van der Waals surface area (Å²) in [6.07, 6.45) is 6.65. The van der Waals surface area contributed by atoms with Crippen LogP contribution in [0.5, 0.6) is 0 Å². The normalized spacial score (nSPS) is 11.6. The largest absolute Gasteiger partial charge is 0.264 e. The van der Waals surface area contributed by atoms with Crippen molar-refractivity contribution in [3.8, 4) is 11.3 Å². The van der Waals surface area contributed by atoms with Crippen LogP contribution in [0.2, 0.25) is 0 Å². The van der Waals surface area contributed by atoms with Gasteiger partial charge in [-0.25, -0.2) is 13.1 Å². The van der Waals surface area contributed by atoms with Gasteiger partial charge >= 0.3 is 0 Å². The molecular formula is C20H16N4O2S. The highest BCUT2D eigenvalue weighted by Gasteiger charge is 2.18. The molecule has 0 amide bonds. The first-order chi connectivity index (χ1) is 13.1. The molecule has 0 saturated carbocycles. The van der Waals surface area contributed by atoms with Gasteiger partial charge in [-0.1, -0.05) is 24.3 Å². The van der Waals surface area contributed by atoms with Crippen molar-refractivity contribution in [1.29, 1.82) is 0 Å². The van der Waals surface area contributed by atoms with E-state index in [4.69, 9.17) is 0 Å². The SMILES string of the molecule is O=S(=O)(NCc1cccnc1-c1cccnc1)c1cccc2cccnc12.